The molecule has 1 aromatic rings. The third-order valence-electron chi connectivity index (χ3n) is 2.89. The van der Waals surface area contributed by atoms with Gasteiger partial charge in [0.2, 0.25) is 10.0 Å². The van der Waals surface area contributed by atoms with E-state index in [9.17, 15) is 12.8 Å². The van der Waals surface area contributed by atoms with Crippen molar-refractivity contribution >= 4 is 37.6 Å². The Morgan fingerprint density at radius 2 is 2.05 bits per heavy atom. The zero-order valence-corrected chi connectivity index (χ0v) is 13.2. The molecule has 0 spiro atoms. The van der Waals surface area contributed by atoms with Gasteiger partial charge in [0.25, 0.3) is 0 Å². The van der Waals surface area contributed by atoms with Crippen molar-refractivity contribution in [2.24, 2.45) is 0 Å². The van der Waals surface area contributed by atoms with Crippen molar-refractivity contribution in [2.75, 3.05) is 26.2 Å². The second-order valence-corrected chi connectivity index (χ2v) is 7.37. The van der Waals surface area contributed by atoms with Crippen LogP contribution in [0.25, 0.3) is 0 Å². The smallest absolute Gasteiger partial charge is 0.246 e. The van der Waals surface area contributed by atoms with Gasteiger partial charge in [0.15, 0.2) is 0 Å². The molecule has 0 atom stereocenters. The standard InChI is InChI=1S/C11H13BrClFN2O2S/c12-8-6-10(14)11(7-9(8)13)19(17,18)16-4-1-2-15-3-5-16/h6-7,15H,1-5H2. The lowest BCUT2D eigenvalue weighted by atomic mass is 10.3. The lowest BCUT2D eigenvalue weighted by Gasteiger charge is -2.20. The maximum absolute atomic E-state index is 13.9. The maximum Gasteiger partial charge on any atom is 0.246 e. The Morgan fingerprint density at radius 1 is 1.32 bits per heavy atom. The van der Waals surface area contributed by atoms with Crippen LogP contribution >= 0.6 is 27.5 Å². The van der Waals surface area contributed by atoms with Gasteiger partial charge >= 0.3 is 0 Å². The molecule has 1 aliphatic rings. The number of halogens is 3. The summed E-state index contributed by atoms with van der Waals surface area (Å²) in [5, 5.41) is 3.28. The molecule has 4 nitrogen and oxygen atoms in total. The van der Waals surface area contributed by atoms with Crippen LogP contribution in [0.4, 0.5) is 4.39 Å². The molecule has 1 heterocycles. The number of sulfonamides is 1. The molecule has 1 N–H and O–H groups in total. The van der Waals surface area contributed by atoms with E-state index in [1.807, 2.05) is 0 Å². The molecular formula is C11H13BrClFN2O2S. The van der Waals surface area contributed by atoms with Gasteiger partial charge in [-0.15, -0.1) is 0 Å². The minimum absolute atomic E-state index is 0.174. The van der Waals surface area contributed by atoms with E-state index in [0.29, 0.717) is 30.5 Å². The van der Waals surface area contributed by atoms with Gasteiger partial charge < -0.3 is 5.32 Å². The summed E-state index contributed by atoms with van der Waals surface area (Å²) in [6.45, 7) is 2.03. The van der Waals surface area contributed by atoms with Crippen molar-refractivity contribution in [1.82, 2.24) is 9.62 Å². The zero-order chi connectivity index (χ0) is 14.0. The molecule has 0 aliphatic carbocycles. The van der Waals surface area contributed by atoms with Gasteiger partial charge in [0, 0.05) is 24.1 Å². The molecule has 0 amide bonds. The van der Waals surface area contributed by atoms with Crippen molar-refractivity contribution < 1.29 is 12.8 Å². The second kappa shape index (κ2) is 6.05. The SMILES string of the molecule is O=S(=O)(c1cc(Cl)c(Br)cc1F)N1CCCNCC1. The first kappa shape index (κ1) is 15.2. The third-order valence-corrected chi connectivity index (χ3v) is 6.00. The second-order valence-electron chi connectivity index (χ2n) is 4.20. The van der Waals surface area contributed by atoms with Crippen LogP contribution in [0.3, 0.4) is 0 Å². The molecule has 2 rings (SSSR count). The van der Waals surface area contributed by atoms with Gasteiger partial charge in [-0.25, -0.2) is 12.8 Å². The van der Waals surface area contributed by atoms with E-state index < -0.39 is 15.8 Å². The summed E-state index contributed by atoms with van der Waals surface area (Å²) >= 11 is 8.92. The van der Waals surface area contributed by atoms with E-state index in [2.05, 4.69) is 21.2 Å². The highest BCUT2D eigenvalue weighted by Crippen LogP contribution is 2.29. The Kier molecular flexibility index (Phi) is 4.84. The quantitative estimate of drug-likeness (QED) is 0.811. The number of nitrogens with one attached hydrogen (secondary N) is 1. The molecule has 0 bridgehead atoms. The summed E-state index contributed by atoms with van der Waals surface area (Å²) in [5.74, 6) is -0.798. The lowest BCUT2D eigenvalue weighted by molar-refractivity contribution is 0.427. The fourth-order valence-corrected chi connectivity index (χ4v) is 4.00. The van der Waals surface area contributed by atoms with Crippen molar-refractivity contribution in [2.45, 2.75) is 11.3 Å². The maximum atomic E-state index is 13.9. The predicted octanol–water partition coefficient (Wildman–Crippen LogP) is 2.23. The molecule has 0 saturated carbocycles. The molecular weight excluding hydrogens is 359 g/mol. The van der Waals surface area contributed by atoms with E-state index >= 15 is 0 Å². The van der Waals surface area contributed by atoms with Gasteiger partial charge in [-0.1, -0.05) is 11.6 Å². The average Bonchev–Trinajstić information content (AvgIpc) is 2.62. The molecule has 8 heteroatoms. The van der Waals surface area contributed by atoms with Crippen LogP contribution in [0.2, 0.25) is 5.02 Å². The minimum atomic E-state index is -3.84. The lowest BCUT2D eigenvalue weighted by Crippen LogP contribution is -2.34. The first-order chi connectivity index (χ1) is 8.93. The predicted molar refractivity (Wildman–Crippen MR) is 75.4 cm³/mol. The molecule has 0 radical (unpaired) electrons. The van der Waals surface area contributed by atoms with Crippen molar-refractivity contribution in [3.05, 3.63) is 27.4 Å². The highest BCUT2D eigenvalue weighted by atomic mass is 79.9. The molecule has 1 aromatic carbocycles. The van der Waals surface area contributed by atoms with Crippen molar-refractivity contribution in [3.8, 4) is 0 Å². The van der Waals surface area contributed by atoms with Crippen LogP contribution in [0, 0.1) is 5.82 Å². The first-order valence-electron chi connectivity index (χ1n) is 5.78. The van der Waals surface area contributed by atoms with Gasteiger partial charge in [-0.3, -0.25) is 0 Å². The van der Waals surface area contributed by atoms with E-state index in [1.165, 1.54) is 4.31 Å². The summed E-state index contributed by atoms with van der Waals surface area (Å²) in [4.78, 5) is -0.373. The Labute approximate surface area is 125 Å². The summed E-state index contributed by atoms with van der Waals surface area (Å²) in [7, 11) is -3.84. The van der Waals surface area contributed by atoms with Crippen LogP contribution < -0.4 is 5.32 Å². The van der Waals surface area contributed by atoms with Crippen LogP contribution in [-0.2, 0) is 10.0 Å². The number of hydrogen-bond donors (Lipinski definition) is 1. The third kappa shape index (κ3) is 3.28. The molecule has 0 aromatic heterocycles. The van der Waals surface area contributed by atoms with Gasteiger partial charge in [0.05, 0.1) is 5.02 Å². The summed E-state index contributed by atoms with van der Waals surface area (Å²) in [6, 6.07) is 2.22. The Bertz CT molecular complexity index is 574. The van der Waals surface area contributed by atoms with E-state index in [1.54, 1.807) is 0 Å². The first-order valence-corrected chi connectivity index (χ1v) is 8.39. The zero-order valence-electron chi connectivity index (χ0n) is 10.00. The number of benzene rings is 1. The van der Waals surface area contributed by atoms with E-state index in [-0.39, 0.29) is 9.92 Å². The van der Waals surface area contributed by atoms with E-state index in [4.69, 9.17) is 11.6 Å². The topological polar surface area (TPSA) is 49.4 Å². The summed E-state index contributed by atoms with van der Waals surface area (Å²) in [5.41, 5.74) is 0. The highest BCUT2D eigenvalue weighted by Gasteiger charge is 2.28. The van der Waals surface area contributed by atoms with Crippen LogP contribution in [0.1, 0.15) is 6.42 Å². The van der Waals surface area contributed by atoms with Gasteiger partial charge in [-0.05, 0) is 41.0 Å². The average molecular weight is 372 g/mol. The molecule has 0 unspecified atom stereocenters. The van der Waals surface area contributed by atoms with Gasteiger partial charge in [0.1, 0.15) is 10.7 Å². The molecule has 1 saturated heterocycles. The Hall–Kier alpha value is -0.210. The fourth-order valence-electron chi connectivity index (χ4n) is 1.90. The largest absolute Gasteiger partial charge is 0.315 e. The van der Waals surface area contributed by atoms with Gasteiger partial charge in [-0.2, -0.15) is 4.31 Å². The Balaban J connectivity index is 2.41. The normalized spacial score (nSPS) is 18.3. The number of hydrogen-bond acceptors (Lipinski definition) is 3. The summed E-state index contributed by atoms with van der Waals surface area (Å²) in [6.07, 6.45) is 0.700. The van der Waals surface area contributed by atoms with Crippen molar-refractivity contribution in [1.29, 1.82) is 0 Å². The Morgan fingerprint density at radius 3 is 2.79 bits per heavy atom. The minimum Gasteiger partial charge on any atom is -0.315 e. The fraction of sp³-hybridized carbons (Fsp3) is 0.455. The number of rotatable bonds is 2. The number of nitrogens with zero attached hydrogens (tertiary/aromatic N) is 1. The monoisotopic (exact) mass is 370 g/mol. The van der Waals surface area contributed by atoms with Crippen LogP contribution in [-0.4, -0.2) is 38.9 Å². The molecule has 106 valence electrons. The van der Waals surface area contributed by atoms with Crippen LogP contribution in [0.5, 0.6) is 0 Å². The summed E-state index contributed by atoms with van der Waals surface area (Å²) < 4.78 is 40.3. The van der Waals surface area contributed by atoms with E-state index in [0.717, 1.165) is 18.7 Å². The molecule has 19 heavy (non-hydrogen) atoms. The van der Waals surface area contributed by atoms with Crippen LogP contribution in [0.15, 0.2) is 21.5 Å². The molecule has 1 fully saturated rings. The highest BCUT2D eigenvalue weighted by molar-refractivity contribution is 9.10. The van der Waals surface area contributed by atoms with Crippen molar-refractivity contribution in [3.63, 3.8) is 0 Å². The molecule has 1 aliphatic heterocycles.